The maximum Gasteiger partial charge on any atom is 0.220 e. The molecule has 4 nitrogen and oxygen atoms in total. The van der Waals surface area contributed by atoms with Gasteiger partial charge >= 0.3 is 0 Å². The van der Waals surface area contributed by atoms with Crippen molar-refractivity contribution >= 4 is 5.91 Å². The Bertz CT molecular complexity index is 138. The highest BCUT2D eigenvalue weighted by molar-refractivity contribution is 5.76. The predicted molar refractivity (Wildman–Crippen MR) is 35.8 cm³/mol. The topological polar surface area (TPSA) is 78.3 Å². The highest BCUT2D eigenvalue weighted by Crippen LogP contribution is 2.16. The second-order valence-corrected chi connectivity index (χ2v) is 2.53. The van der Waals surface area contributed by atoms with Gasteiger partial charge in [0.15, 0.2) is 0 Å². The highest BCUT2D eigenvalue weighted by atomic mass is 16.5. The van der Waals surface area contributed by atoms with E-state index < -0.39 is 0 Å². The molecule has 0 aliphatic carbocycles. The zero-order valence-corrected chi connectivity index (χ0v) is 5.75. The molecule has 0 saturated carbocycles. The first kappa shape index (κ1) is 7.50. The molecule has 1 amide bonds. The van der Waals surface area contributed by atoms with Crippen LogP contribution >= 0.6 is 0 Å². The second-order valence-electron chi connectivity index (χ2n) is 2.53. The number of rotatable bonds is 1. The van der Waals surface area contributed by atoms with Crippen LogP contribution in [0.4, 0.5) is 0 Å². The van der Waals surface area contributed by atoms with Crippen molar-refractivity contribution in [3.63, 3.8) is 0 Å². The van der Waals surface area contributed by atoms with Gasteiger partial charge in [-0.25, -0.2) is 0 Å². The van der Waals surface area contributed by atoms with Gasteiger partial charge in [-0.3, -0.25) is 4.79 Å². The van der Waals surface area contributed by atoms with Crippen molar-refractivity contribution in [2.75, 3.05) is 6.61 Å². The first-order valence-corrected chi connectivity index (χ1v) is 3.36. The number of hydrogen-bond donors (Lipinski definition) is 2. The zero-order chi connectivity index (χ0) is 7.56. The smallest absolute Gasteiger partial charge is 0.220 e. The van der Waals surface area contributed by atoms with Gasteiger partial charge in [0.25, 0.3) is 0 Å². The minimum atomic E-state index is -0.300. The molecule has 0 bridgehead atoms. The minimum absolute atomic E-state index is 0.0799. The van der Waals surface area contributed by atoms with Crippen molar-refractivity contribution in [2.45, 2.75) is 19.1 Å². The number of ether oxygens (including phenoxy) is 1. The van der Waals surface area contributed by atoms with Gasteiger partial charge in [-0.15, -0.1) is 0 Å². The van der Waals surface area contributed by atoms with E-state index in [0.29, 0.717) is 19.4 Å². The third-order valence-electron chi connectivity index (χ3n) is 1.72. The Morgan fingerprint density at radius 2 is 2.30 bits per heavy atom. The summed E-state index contributed by atoms with van der Waals surface area (Å²) >= 11 is 0. The largest absolute Gasteiger partial charge is 0.369 e. The van der Waals surface area contributed by atoms with E-state index in [1.807, 2.05) is 0 Å². The van der Waals surface area contributed by atoms with Crippen LogP contribution in [0.15, 0.2) is 0 Å². The molecule has 1 aliphatic rings. The second kappa shape index (κ2) is 2.98. The summed E-state index contributed by atoms with van der Waals surface area (Å²) in [5.74, 6) is -0.345. The molecule has 58 valence electrons. The number of amides is 1. The van der Waals surface area contributed by atoms with E-state index in [-0.39, 0.29) is 18.1 Å². The summed E-state index contributed by atoms with van der Waals surface area (Å²) in [4.78, 5) is 10.6. The Balaban J connectivity index is 2.39. The van der Waals surface area contributed by atoms with Gasteiger partial charge in [-0.2, -0.15) is 0 Å². The van der Waals surface area contributed by atoms with E-state index in [4.69, 9.17) is 16.2 Å². The lowest BCUT2D eigenvalue weighted by Crippen LogP contribution is -2.38. The predicted octanol–water partition coefficient (Wildman–Crippen LogP) is -0.817. The molecule has 1 heterocycles. The van der Waals surface area contributed by atoms with Gasteiger partial charge in [-0.05, 0) is 12.8 Å². The summed E-state index contributed by atoms with van der Waals surface area (Å²) in [6, 6.07) is 0. The monoisotopic (exact) mass is 144 g/mol. The van der Waals surface area contributed by atoms with Gasteiger partial charge in [0.05, 0.1) is 0 Å². The van der Waals surface area contributed by atoms with Gasteiger partial charge < -0.3 is 16.2 Å². The van der Waals surface area contributed by atoms with Crippen LogP contribution in [0, 0.1) is 5.92 Å². The molecule has 0 aromatic carbocycles. The van der Waals surface area contributed by atoms with Crippen molar-refractivity contribution in [1.29, 1.82) is 0 Å². The van der Waals surface area contributed by atoms with Gasteiger partial charge in [0.1, 0.15) is 6.23 Å². The Kier molecular flexibility index (Phi) is 2.24. The van der Waals surface area contributed by atoms with E-state index in [0.717, 1.165) is 0 Å². The Hall–Kier alpha value is -0.610. The number of carbonyl (C=O) groups is 1. The van der Waals surface area contributed by atoms with E-state index in [2.05, 4.69) is 0 Å². The molecule has 1 aliphatic heterocycles. The molecule has 10 heavy (non-hydrogen) atoms. The van der Waals surface area contributed by atoms with Crippen molar-refractivity contribution in [3.05, 3.63) is 0 Å². The Morgan fingerprint density at radius 1 is 1.60 bits per heavy atom. The van der Waals surface area contributed by atoms with E-state index in [9.17, 15) is 4.79 Å². The van der Waals surface area contributed by atoms with Gasteiger partial charge in [0, 0.05) is 12.5 Å². The maximum absolute atomic E-state index is 10.6. The fraction of sp³-hybridized carbons (Fsp3) is 0.833. The summed E-state index contributed by atoms with van der Waals surface area (Å²) < 4.78 is 5.03. The van der Waals surface area contributed by atoms with Crippen LogP contribution in [-0.2, 0) is 9.53 Å². The normalized spacial score (nSPS) is 33.7. The lowest BCUT2D eigenvalue weighted by molar-refractivity contribution is -0.126. The number of carbonyl (C=O) groups excluding carboxylic acids is 1. The van der Waals surface area contributed by atoms with Crippen molar-refractivity contribution in [2.24, 2.45) is 17.4 Å². The molecule has 1 fully saturated rings. The SMILES string of the molecule is NC(=O)C1CCOC(N)C1. The molecule has 0 spiro atoms. The van der Waals surface area contributed by atoms with E-state index in [1.54, 1.807) is 0 Å². The van der Waals surface area contributed by atoms with E-state index >= 15 is 0 Å². The molecule has 0 aromatic rings. The van der Waals surface area contributed by atoms with Crippen LogP contribution in [0.5, 0.6) is 0 Å². The Labute approximate surface area is 59.5 Å². The van der Waals surface area contributed by atoms with Crippen LogP contribution in [0.25, 0.3) is 0 Å². The zero-order valence-electron chi connectivity index (χ0n) is 5.75. The molecular weight excluding hydrogens is 132 g/mol. The third-order valence-corrected chi connectivity index (χ3v) is 1.72. The molecule has 4 heteroatoms. The van der Waals surface area contributed by atoms with Crippen LogP contribution in [0.1, 0.15) is 12.8 Å². The number of primary amides is 1. The number of hydrogen-bond acceptors (Lipinski definition) is 3. The van der Waals surface area contributed by atoms with Crippen LogP contribution in [0.2, 0.25) is 0 Å². The van der Waals surface area contributed by atoms with Crippen LogP contribution in [-0.4, -0.2) is 18.7 Å². The lowest BCUT2D eigenvalue weighted by Gasteiger charge is -2.24. The van der Waals surface area contributed by atoms with Gasteiger partial charge in [-0.1, -0.05) is 0 Å². The maximum atomic E-state index is 10.6. The van der Waals surface area contributed by atoms with Crippen LogP contribution in [0.3, 0.4) is 0 Å². The fourth-order valence-corrected chi connectivity index (χ4v) is 1.09. The molecule has 0 radical (unpaired) electrons. The molecular formula is C6H12N2O2. The van der Waals surface area contributed by atoms with Crippen LogP contribution < -0.4 is 11.5 Å². The summed E-state index contributed by atoms with van der Waals surface area (Å²) in [5, 5.41) is 0. The summed E-state index contributed by atoms with van der Waals surface area (Å²) in [6.07, 6.45) is 0.976. The summed E-state index contributed by atoms with van der Waals surface area (Å²) in [7, 11) is 0. The van der Waals surface area contributed by atoms with Crippen molar-refractivity contribution in [1.82, 2.24) is 0 Å². The first-order valence-electron chi connectivity index (χ1n) is 3.36. The summed E-state index contributed by atoms with van der Waals surface area (Å²) in [6.45, 7) is 0.550. The lowest BCUT2D eigenvalue weighted by atomic mass is 9.98. The highest BCUT2D eigenvalue weighted by Gasteiger charge is 2.23. The average molecular weight is 144 g/mol. The molecule has 4 N–H and O–H groups in total. The quantitative estimate of drug-likeness (QED) is 0.505. The number of nitrogens with two attached hydrogens (primary N) is 2. The Morgan fingerprint density at radius 3 is 2.70 bits per heavy atom. The average Bonchev–Trinajstić information content (AvgIpc) is 1.88. The van der Waals surface area contributed by atoms with Crippen molar-refractivity contribution < 1.29 is 9.53 Å². The first-order chi connectivity index (χ1) is 4.70. The molecule has 2 unspecified atom stereocenters. The minimum Gasteiger partial charge on any atom is -0.369 e. The fourth-order valence-electron chi connectivity index (χ4n) is 1.09. The standard InChI is InChI=1S/C6H12N2O2/c7-5-3-4(6(8)9)1-2-10-5/h4-5H,1-3,7H2,(H2,8,9). The molecule has 1 rings (SSSR count). The third kappa shape index (κ3) is 1.68. The van der Waals surface area contributed by atoms with Crippen molar-refractivity contribution in [3.8, 4) is 0 Å². The van der Waals surface area contributed by atoms with E-state index in [1.165, 1.54) is 0 Å². The molecule has 0 aromatic heterocycles. The summed E-state index contributed by atoms with van der Waals surface area (Å²) in [5.41, 5.74) is 10.5. The molecule has 1 saturated heterocycles. The van der Waals surface area contributed by atoms with Gasteiger partial charge in [0.2, 0.25) is 5.91 Å². The molecule has 2 atom stereocenters.